The van der Waals surface area contributed by atoms with Crippen LogP contribution in [-0.2, 0) is 26.8 Å². The second kappa shape index (κ2) is 7.93. The van der Waals surface area contributed by atoms with E-state index in [0.717, 1.165) is 5.56 Å². The molecule has 31 heavy (non-hydrogen) atoms. The molecule has 2 aliphatic rings. The van der Waals surface area contributed by atoms with Crippen LogP contribution in [-0.4, -0.2) is 50.0 Å². The first kappa shape index (κ1) is 21.8. The highest BCUT2D eigenvalue weighted by Gasteiger charge is 2.46. The summed E-state index contributed by atoms with van der Waals surface area (Å²) >= 11 is 0. The number of methoxy groups -OCH3 is 1. The third-order valence-electron chi connectivity index (χ3n) is 6.47. The number of benzene rings is 2. The Morgan fingerprint density at radius 3 is 2.52 bits per heavy atom. The summed E-state index contributed by atoms with van der Waals surface area (Å²) in [5.74, 6) is 0.568. The van der Waals surface area contributed by atoms with Gasteiger partial charge in [-0.05, 0) is 61.6 Å². The topological polar surface area (TPSA) is 87.2 Å². The van der Waals surface area contributed by atoms with Crippen LogP contribution < -0.4 is 9.64 Å². The molecule has 7 nitrogen and oxygen atoms in total. The second-order valence-corrected chi connectivity index (χ2v) is 10.3. The number of hydrogen-bond acceptors (Lipinski definition) is 5. The normalized spacial score (nSPS) is 21.0. The maximum atomic E-state index is 13.6. The molecular weight excluding hydrogens is 416 g/mol. The zero-order valence-electron chi connectivity index (χ0n) is 18.0. The molecular formula is C23H28N2O5S. The van der Waals surface area contributed by atoms with Crippen molar-refractivity contribution in [2.24, 2.45) is 0 Å². The maximum Gasteiger partial charge on any atom is 0.243 e. The molecule has 0 unspecified atom stereocenters. The maximum absolute atomic E-state index is 13.6. The lowest BCUT2D eigenvalue weighted by atomic mass is 9.87. The highest BCUT2D eigenvalue weighted by molar-refractivity contribution is 7.89. The number of carbonyl (C=O) groups excluding carboxylic acids is 1. The highest BCUT2D eigenvalue weighted by atomic mass is 32.2. The number of amides is 1. The van der Waals surface area contributed by atoms with E-state index in [1.807, 2.05) is 0 Å². The largest absolute Gasteiger partial charge is 0.497 e. The average Bonchev–Trinajstić information content (AvgIpc) is 3.41. The first-order chi connectivity index (χ1) is 14.7. The number of hydrogen-bond donors (Lipinski definition) is 1. The van der Waals surface area contributed by atoms with E-state index in [1.165, 1.54) is 11.2 Å². The Balaban J connectivity index is 1.68. The molecule has 2 atom stereocenters. The van der Waals surface area contributed by atoms with Crippen LogP contribution >= 0.6 is 0 Å². The zero-order chi connectivity index (χ0) is 22.4. The fourth-order valence-corrected chi connectivity index (χ4v) is 6.48. The number of carbonyl (C=O) groups is 1. The van der Waals surface area contributed by atoms with Crippen LogP contribution in [0, 0.1) is 0 Å². The second-order valence-electron chi connectivity index (χ2n) is 8.36. The minimum absolute atomic E-state index is 0.102. The van der Waals surface area contributed by atoms with Gasteiger partial charge in [-0.2, -0.15) is 4.31 Å². The molecule has 0 spiro atoms. The van der Waals surface area contributed by atoms with Gasteiger partial charge in [0.15, 0.2) is 0 Å². The van der Waals surface area contributed by atoms with Crippen LogP contribution in [0.3, 0.4) is 0 Å². The Hall–Kier alpha value is -2.42. The lowest BCUT2D eigenvalue weighted by molar-refractivity contribution is -0.116. The molecule has 2 aromatic rings. The Morgan fingerprint density at radius 1 is 1.16 bits per heavy atom. The van der Waals surface area contributed by atoms with Crippen LogP contribution in [0.4, 0.5) is 5.69 Å². The summed E-state index contributed by atoms with van der Waals surface area (Å²) in [6, 6.07) is 11.4. The quantitative estimate of drug-likeness (QED) is 0.766. The first-order valence-corrected chi connectivity index (χ1v) is 11.9. The summed E-state index contributed by atoms with van der Waals surface area (Å²) in [7, 11) is -2.28. The molecule has 8 heteroatoms. The van der Waals surface area contributed by atoms with Crippen molar-refractivity contribution in [3.63, 3.8) is 0 Å². The minimum atomic E-state index is -3.85. The van der Waals surface area contributed by atoms with E-state index in [2.05, 4.69) is 0 Å². The van der Waals surface area contributed by atoms with Crippen molar-refractivity contribution in [3.05, 3.63) is 53.6 Å². The standard InChI is InChI=1S/C23H28N2O5S/c1-16(26)24-14-12-17-6-11-20(15-21(17)24)31(28,29)25-13-4-5-22(25)23(2,27)18-7-9-19(30-3)10-8-18/h6-11,15,22,27H,4-5,12-14H2,1-3H3/t22-,23-/m1/s1. The summed E-state index contributed by atoms with van der Waals surface area (Å²) in [4.78, 5) is 13.7. The van der Waals surface area contributed by atoms with Crippen LogP contribution in [0.1, 0.15) is 37.8 Å². The number of ether oxygens (including phenoxy) is 1. The molecule has 0 aliphatic carbocycles. The van der Waals surface area contributed by atoms with Gasteiger partial charge in [-0.1, -0.05) is 18.2 Å². The Morgan fingerprint density at radius 2 is 1.87 bits per heavy atom. The van der Waals surface area contributed by atoms with E-state index in [9.17, 15) is 18.3 Å². The number of rotatable bonds is 5. The molecule has 1 fully saturated rings. The van der Waals surface area contributed by atoms with Gasteiger partial charge in [0.2, 0.25) is 15.9 Å². The lowest BCUT2D eigenvalue weighted by Crippen LogP contribution is -2.48. The summed E-state index contributed by atoms with van der Waals surface area (Å²) in [6.45, 7) is 4.05. The number of anilines is 1. The van der Waals surface area contributed by atoms with Crippen molar-refractivity contribution in [1.82, 2.24) is 4.31 Å². The van der Waals surface area contributed by atoms with Gasteiger partial charge in [0, 0.05) is 25.7 Å². The molecule has 0 aromatic heterocycles. The monoisotopic (exact) mass is 444 g/mol. The third kappa shape index (κ3) is 3.73. The van der Waals surface area contributed by atoms with Crippen LogP contribution in [0.5, 0.6) is 5.75 Å². The summed E-state index contributed by atoms with van der Waals surface area (Å²) in [5.41, 5.74) is 0.901. The molecule has 0 radical (unpaired) electrons. The summed E-state index contributed by atoms with van der Waals surface area (Å²) < 4.78 is 33.8. The Labute approximate surface area is 183 Å². The van der Waals surface area contributed by atoms with E-state index in [-0.39, 0.29) is 10.8 Å². The SMILES string of the molecule is COc1ccc([C@@](C)(O)[C@H]2CCCN2S(=O)(=O)c2ccc3c(c2)N(C(C)=O)CC3)cc1. The van der Waals surface area contributed by atoms with Crippen molar-refractivity contribution in [1.29, 1.82) is 0 Å². The molecule has 1 N–H and O–H groups in total. The minimum Gasteiger partial charge on any atom is -0.497 e. The van der Waals surface area contributed by atoms with Crippen molar-refractivity contribution < 1.29 is 23.1 Å². The van der Waals surface area contributed by atoms with Gasteiger partial charge in [0.25, 0.3) is 0 Å². The van der Waals surface area contributed by atoms with Crippen molar-refractivity contribution in [2.75, 3.05) is 25.1 Å². The molecule has 166 valence electrons. The van der Waals surface area contributed by atoms with E-state index >= 15 is 0 Å². The van der Waals surface area contributed by atoms with Gasteiger partial charge in [-0.25, -0.2) is 8.42 Å². The average molecular weight is 445 g/mol. The van der Waals surface area contributed by atoms with Crippen molar-refractivity contribution in [3.8, 4) is 5.75 Å². The fourth-order valence-electron chi connectivity index (χ4n) is 4.69. The van der Waals surface area contributed by atoms with Gasteiger partial charge in [-0.3, -0.25) is 4.79 Å². The molecule has 0 bridgehead atoms. The molecule has 1 amide bonds. The fraction of sp³-hybridized carbons (Fsp3) is 0.435. The van der Waals surface area contributed by atoms with Gasteiger partial charge in [-0.15, -0.1) is 0 Å². The Bertz CT molecular complexity index is 1100. The number of fused-ring (bicyclic) bond motifs is 1. The van der Waals surface area contributed by atoms with E-state index in [4.69, 9.17) is 4.74 Å². The number of nitrogens with zero attached hydrogens (tertiary/aromatic N) is 2. The molecule has 2 heterocycles. The smallest absolute Gasteiger partial charge is 0.243 e. The van der Waals surface area contributed by atoms with Crippen LogP contribution in [0.25, 0.3) is 0 Å². The van der Waals surface area contributed by atoms with Crippen molar-refractivity contribution >= 4 is 21.6 Å². The predicted molar refractivity (Wildman–Crippen MR) is 118 cm³/mol. The Kier molecular flexibility index (Phi) is 5.57. The van der Waals surface area contributed by atoms with Crippen LogP contribution in [0.15, 0.2) is 47.4 Å². The summed E-state index contributed by atoms with van der Waals surface area (Å²) in [6.07, 6.45) is 1.94. The van der Waals surface area contributed by atoms with E-state index in [1.54, 1.807) is 61.4 Å². The first-order valence-electron chi connectivity index (χ1n) is 10.5. The van der Waals surface area contributed by atoms with Gasteiger partial charge < -0.3 is 14.7 Å². The molecule has 0 saturated carbocycles. The highest BCUT2D eigenvalue weighted by Crippen LogP contribution is 2.39. The number of aliphatic hydroxyl groups is 1. The van der Waals surface area contributed by atoms with Crippen molar-refractivity contribution in [2.45, 2.75) is 49.6 Å². The van der Waals surface area contributed by atoms with Gasteiger partial charge in [0.1, 0.15) is 11.4 Å². The van der Waals surface area contributed by atoms with E-state index in [0.29, 0.717) is 49.4 Å². The third-order valence-corrected chi connectivity index (χ3v) is 8.37. The van der Waals surface area contributed by atoms with Gasteiger partial charge >= 0.3 is 0 Å². The van der Waals surface area contributed by atoms with E-state index < -0.39 is 21.7 Å². The molecule has 2 aromatic carbocycles. The number of sulfonamides is 1. The summed E-state index contributed by atoms with van der Waals surface area (Å²) in [5, 5.41) is 11.4. The lowest BCUT2D eigenvalue weighted by Gasteiger charge is -2.36. The zero-order valence-corrected chi connectivity index (χ0v) is 18.9. The molecule has 1 saturated heterocycles. The molecule has 4 rings (SSSR count). The molecule has 2 aliphatic heterocycles. The van der Waals surface area contributed by atoms with Crippen LogP contribution in [0.2, 0.25) is 0 Å². The predicted octanol–water partition coefficient (Wildman–Crippen LogP) is 2.67. The van der Waals surface area contributed by atoms with Gasteiger partial charge in [0.05, 0.1) is 18.0 Å².